The molecule has 1 rings (SSSR count). The Morgan fingerprint density at radius 3 is 2.31 bits per heavy atom. The summed E-state index contributed by atoms with van der Waals surface area (Å²) in [6.45, 7) is -3.33. The molecule has 2 nitrogen and oxygen atoms in total. The summed E-state index contributed by atoms with van der Waals surface area (Å²) in [6, 6.07) is 1.82. The number of ketones is 1. The molecule has 0 aliphatic heterocycles. The summed E-state index contributed by atoms with van der Waals surface area (Å²) in [5, 5.41) is 0. The van der Waals surface area contributed by atoms with Crippen LogP contribution in [0.2, 0.25) is 0 Å². The molecule has 88 valence electrons. The third-order valence-corrected chi connectivity index (χ3v) is 1.62. The van der Waals surface area contributed by atoms with Gasteiger partial charge in [-0.15, -0.1) is 0 Å². The number of carbonyl (C=O) groups is 1. The van der Waals surface area contributed by atoms with E-state index in [2.05, 4.69) is 4.74 Å². The Morgan fingerprint density at radius 2 is 1.81 bits per heavy atom. The lowest BCUT2D eigenvalue weighted by atomic mass is 10.1. The van der Waals surface area contributed by atoms with Crippen LogP contribution in [0.4, 0.5) is 22.0 Å². The quantitative estimate of drug-likeness (QED) is 0.597. The van der Waals surface area contributed by atoms with Crippen molar-refractivity contribution in [1.82, 2.24) is 0 Å². The lowest BCUT2D eigenvalue weighted by Crippen LogP contribution is -2.14. The van der Waals surface area contributed by atoms with Crippen molar-refractivity contribution in [1.29, 1.82) is 0 Å². The van der Waals surface area contributed by atoms with E-state index < -0.39 is 36.0 Å². The first-order valence-electron chi connectivity index (χ1n) is 3.98. The Balaban J connectivity index is 3.12. The Morgan fingerprint density at radius 1 is 1.19 bits per heavy atom. The van der Waals surface area contributed by atoms with Crippen LogP contribution in [0.15, 0.2) is 18.2 Å². The molecule has 0 heterocycles. The molecule has 16 heavy (non-hydrogen) atoms. The van der Waals surface area contributed by atoms with Gasteiger partial charge < -0.3 is 4.74 Å². The monoisotopic (exact) mass is 240 g/mol. The number of carbonyl (C=O) groups excluding carboxylic acids is 1. The van der Waals surface area contributed by atoms with Crippen LogP contribution in [-0.2, 0) is 0 Å². The van der Waals surface area contributed by atoms with Crippen molar-refractivity contribution in [3.63, 3.8) is 0 Å². The number of halogens is 5. The molecule has 0 saturated carbocycles. The van der Waals surface area contributed by atoms with Gasteiger partial charge in [0.15, 0.2) is 0 Å². The zero-order chi connectivity index (χ0) is 12.3. The lowest BCUT2D eigenvalue weighted by molar-refractivity contribution is -0.0504. The number of hydrogen-bond acceptors (Lipinski definition) is 2. The van der Waals surface area contributed by atoms with E-state index in [1.807, 2.05) is 0 Å². The Kier molecular flexibility index (Phi) is 3.81. The molecule has 0 bridgehead atoms. The van der Waals surface area contributed by atoms with Gasteiger partial charge in [-0.3, -0.25) is 4.79 Å². The van der Waals surface area contributed by atoms with Gasteiger partial charge >= 0.3 is 13.0 Å². The van der Waals surface area contributed by atoms with Crippen LogP contribution in [0.25, 0.3) is 0 Å². The zero-order valence-corrected chi connectivity index (χ0v) is 7.59. The smallest absolute Gasteiger partial charge is 0.387 e. The summed E-state index contributed by atoms with van der Waals surface area (Å²) in [6.07, 6.45) is -3.37. The first-order chi connectivity index (χ1) is 7.41. The van der Waals surface area contributed by atoms with Crippen LogP contribution in [0.3, 0.4) is 0 Å². The molecule has 0 fully saturated rings. The molecule has 0 spiro atoms. The number of rotatable bonds is 4. The van der Waals surface area contributed by atoms with Gasteiger partial charge in [0.1, 0.15) is 11.6 Å². The first-order valence-corrected chi connectivity index (χ1v) is 3.98. The third kappa shape index (κ3) is 2.91. The minimum Gasteiger partial charge on any atom is -0.434 e. The van der Waals surface area contributed by atoms with Crippen LogP contribution in [0.5, 0.6) is 5.75 Å². The number of Topliss-reactive ketones (excluding diaryl/α,β-unsaturated/α-hetero) is 1. The summed E-state index contributed by atoms with van der Waals surface area (Å²) >= 11 is 0. The summed E-state index contributed by atoms with van der Waals surface area (Å²) in [7, 11) is 0. The van der Waals surface area contributed by atoms with Crippen LogP contribution < -0.4 is 4.74 Å². The number of benzene rings is 1. The van der Waals surface area contributed by atoms with E-state index in [1.54, 1.807) is 0 Å². The molecular formula is C9H5F5O2. The minimum absolute atomic E-state index is 0.446. The van der Waals surface area contributed by atoms with Crippen molar-refractivity contribution in [2.45, 2.75) is 13.0 Å². The van der Waals surface area contributed by atoms with Crippen molar-refractivity contribution in [2.24, 2.45) is 0 Å². The van der Waals surface area contributed by atoms with E-state index in [-0.39, 0.29) is 0 Å². The van der Waals surface area contributed by atoms with Crippen LogP contribution >= 0.6 is 0 Å². The number of alkyl halides is 4. The van der Waals surface area contributed by atoms with Gasteiger partial charge in [0.25, 0.3) is 0 Å². The van der Waals surface area contributed by atoms with Crippen molar-refractivity contribution in [2.75, 3.05) is 0 Å². The Bertz CT molecular complexity index is 391. The van der Waals surface area contributed by atoms with Gasteiger partial charge in [-0.25, -0.2) is 13.2 Å². The molecule has 7 heteroatoms. The summed E-state index contributed by atoms with van der Waals surface area (Å²) < 4.78 is 64.2. The molecule has 0 aliphatic carbocycles. The van der Waals surface area contributed by atoms with Crippen molar-refractivity contribution in [3.05, 3.63) is 29.6 Å². The second-order valence-corrected chi connectivity index (χ2v) is 2.68. The number of ether oxygens (including phenoxy) is 1. The first kappa shape index (κ1) is 12.4. The SMILES string of the molecule is O=C(c1ccc(F)cc1OC(F)F)C(F)F. The Labute approximate surface area is 86.6 Å². The third-order valence-electron chi connectivity index (χ3n) is 1.62. The molecule has 0 saturated heterocycles. The molecule has 0 aromatic heterocycles. The van der Waals surface area contributed by atoms with E-state index in [0.29, 0.717) is 18.2 Å². The van der Waals surface area contributed by atoms with Crippen molar-refractivity contribution < 1.29 is 31.5 Å². The van der Waals surface area contributed by atoms with E-state index in [1.165, 1.54) is 0 Å². The topological polar surface area (TPSA) is 26.3 Å². The van der Waals surface area contributed by atoms with Gasteiger partial charge in [-0.2, -0.15) is 8.78 Å². The molecule has 1 aromatic rings. The van der Waals surface area contributed by atoms with E-state index in [0.717, 1.165) is 0 Å². The molecule has 0 amide bonds. The van der Waals surface area contributed by atoms with Crippen LogP contribution in [0, 0.1) is 5.82 Å². The van der Waals surface area contributed by atoms with Gasteiger partial charge in [0.05, 0.1) is 5.56 Å². The van der Waals surface area contributed by atoms with Gasteiger partial charge in [-0.1, -0.05) is 0 Å². The number of hydrogen-bond donors (Lipinski definition) is 0. The Hall–Kier alpha value is -1.66. The highest BCUT2D eigenvalue weighted by Crippen LogP contribution is 2.24. The normalized spacial score (nSPS) is 10.9. The summed E-state index contributed by atoms with van der Waals surface area (Å²) in [5.74, 6) is -3.57. The zero-order valence-electron chi connectivity index (χ0n) is 7.59. The van der Waals surface area contributed by atoms with Gasteiger partial charge in [-0.05, 0) is 12.1 Å². The maximum atomic E-state index is 12.6. The second kappa shape index (κ2) is 4.91. The fourth-order valence-corrected chi connectivity index (χ4v) is 1.01. The molecule has 0 atom stereocenters. The second-order valence-electron chi connectivity index (χ2n) is 2.68. The van der Waals surface area contributed by atoms with Crippen molar-refractivity contribution >= 4 is 5.78 Å². The van der Waals surface area contributed by atoms with Gasteiger partial charge in [0, 0.05) is 6.07 Å². The maximum absolute atomic E-state index is 12.6. The predicted molar refractivity (Wildman–Crippen MR) is 43.4 cm³/mol. The molecule has 0 N–H and O–H groups in total. The highest BCUT2D eigenvalue weighted by molar-refractivity contribution is 6.00. The van der Waals surface area contributed by atoms with Crippen molar-refractivity contribution in [3.8, 4) is 5.75 Å². The highest BCUT2D eigenvalue weighted by atomic mass is 19.3. The van der Waals surface area contributed by atoms with E-state index in [9.17, 15) is 26.7 Å². The van der Waals surface area contributed by atoms with Gasteiger partial charge in [0.2, 0.25) is 5.78 Å². The fourth-order valence-electron chi connectivity index (χ4n) is 1.01. The largest absolute Gasteiger partial charge is 0.434 e. The van der Waals surface area contributed by atoms with Crippen LogP contribution in [-0.4, -0.2) is 18.8 Å². The minimum atomic E-state index is -3.37. The molecule has 1 aromatic carbocycles. The van der Waals surface area contributed by atoms with Crippen LogP contribution in [0.1, 0.15) is 10.4 Å². The standard InChI is InChI=1S/C9H5F5O2/c10-4-1-2-5(7(15)8(11)12)6(3-4)16-9(13)14/h1-3,8-9H. The molecule has 0 radical (unpaired) electrons. The average molecular weight is 240 g/mol. The van der Waals surface area contributed by atoms with E-state index in [4.69, 9.17) is 0 Å². The predicted octanol–water partition coefficient (Wildman–Crippen LogP) is 2.87. The molecule has 0 unspecified atom stereocenters. The fraction of sp³-hybridized carbons (Fsp3) is 0.222. The maximum Gasteiger partial charge on any atom is 0.387 e. The lowest BCUT2D eigenvalue weighted by Gasteiger charge is -2.09. The van der Waals surface area contributed by atoms with E-state index >= 15 is 0 Å². The molecule has 0 aliphatic rings. The molecular weight excluding hydrogens is 235 g/mol. The highest BCUT2D eigenvalue weighted by Gasteiger charge is 2.23. The average Bonchev–Trinajstić information content (AvgIpc) is 2.15. The summed E-state index contributed by atoms with van der Waals surface area (Å²) in [5.41, 5.74) is -0.781. The summed E-state index contributed by atoms with van der Waals surface area (Å²) in [4.78, 5) is 10.9.